The van der Waals surface area contributed by atoms with Crippen LogP contribution in [0.25, 0.3) is 83.6 Å². The molecule has 240 valence electrons. The molecule has 2 heterocycles. The molecule has 2 aromatic heterocycles. The Hall–Kier alpha value is -6.58. The molecule has 0 amide bonds. The van der Waals surface area contributed by atoms with Crippen LogP contribution in [0, 0.1) is 0 Å². The molecule has 0 saturated carbocycles. The van der Waals surface area contributed by atoms with E-state index in [4.69, 9.17) is 9.97 Å². The van der Waals surface area contributed by atoms with E-state index in [1.165, 1.54) is 55.2 Å². The fraction of sp³-hybridized carbons (Fsp3) is 0.0417. The number of rotatable bonds is 5. The normalized spacial score (nSPS) is 12.2. The van der Waals surface area contributed by atoms with Crippen molar-refractivity contribution in [3.8, 4) is 61.8 Å². The van der Waals surface area contributed by atoms with Gasteiger partial charge in [-0.25, -0.2) is 9.97 Å². The van der Waals surface area contributed by atoms with Gasteiger partial charge in [0, 0.05) is 33.2 Å². The highest BCUT2D eigenvalue weighted by molar-refractivity contribution is 6.10. The SMILES string of the molecule is c1ccc(-c2cc(-c3ccccc3)nc(-c3ccc(-n4c5ccccc5c5cc(-c6cccc7c6CCc6ccccc6-7)ccc54)cc3)n2)cc1. The quantitative estimate of drug-likeness (QED) is 0.185. The molecule has 1 aliphatic carbocycles. The largest absolute Gasteiger partial charge is 0.309 e. The summed E-state index contributed by atoms with van der Waals surface area (Å²) < 4.78 is 2.38. The average Bonchev–Trinajstić information content (AvgIpc) is 3.55. The minimum Gasteiger partial charge on any atom is -0.309 e. The maximum Gasteiger partial charge on any atom is 0.160 e. The Morgan fingerprint density at radius 3 is 1.76 bits per heavy atom. The van der Waals surface area contributed by atoms with Gasteiger partial charge in [-0.1, -0.05) is 127 Å². The van der Waals surface area contributed by atoms with Crippen molar-refractivity contribution in [3.63, 3.8) is 0 Å². The Bertz CT molecular complexity index is 2670. The van der Waals surface area contributed by atoms with Crippen LogP contribution in [0.5, 0.6) is 0 Å². The highest BCUT2D eigenvalue weighted by Gasteiger charge is 2.20. The Morgan fingerprint density at radius 2 is 1.00 bits per heavy atom. The molecule has 0 radical (unpaired) electrons. The molecular weight excluding hydrogens is 619 g/mol. The molecule has 0 bridgehead atoms. The standard InChI is InChI=1S/C48H33N3/c1-3-13-33(14-4-1)44-31-45(34-15-5-2-6-16-34)50-48(49-44)35-22-26-37(27-23-35)51-46-21-10-9-18-42(46)43-30-36(25-29-47(43)51)39-19-11-20-40-38-17-8-7-12-32(38)24-28-41(39)40/h1-23,25-27,29-31H,24,28H2. The average molecular weight is 652 g/mol. The van der Waals surface area contributed by atoms with E-state index in [9.17, 15) is 0 Å². The molecule has 3 heteroatoms. The Labute approximate surface area is 297 Å². The first-order chi connectivity index (χ1) is 25.3. The van der Waals surface area contributed by atoms with Gasteiger partial charge in [0.05, 0.1) is 22.4 Å². The van der Waals surface area contributed by atoms with Crippen molar-refractivity contribution in [1.29, 1.82) is 0 Å². The third-order valence-corrected chi connectivity index (χ3v) is 10.4. The van der Waals surface area contributed by atoms with Crippen molar-refractivity contribution in [2.45, 2.75) is 12.8 Å². The first kappa shape index (κ1) is 29.3. The van der Waals surface area contributed by atoms with Crippen LogP contribution in [0.3, 0.4) is 0 Å². The summed E-state index contributed by atoms with van der Waals surface area (Å²) >= 11 is 0. The van der Waals surface area contributed by atoms with E-state index in [0.29, 0.717) is 5.82 Å². The third-order valence-electron chi connectivity index (χ3n) is 10.4. The van der Waals surface area contributed by atoms with E-state index in [1.807, 2.05) is 12.1 Å². The molecule has 0 fully saturated rings. The summed E-state index contributed by atoms with van der Waals surface area (Å²) in [5.74, 6) is 0.711. The number of fused-ring (bicyclic) bond motifs is 6. The van der Waals surface area contributed by atoms with Crippen LogP contribution >= 0.6 is 0 Å². The van der Waals surface area contributed by atoms with E-state index < -0.39 is 0 Å². The number of nitrogens with zero attached hydrogens (tertiary/aromatic N) is 3. The van der Waals surface area contributed by atoms with Crippen molar-refractivity contribution in [2.75, 3.05) is 0 Å². The lowest BCUT2D eigenvalue weighted by atomic mass is 9.82. The van der Waals surface area contributed by atoms with Crippen LogP contribution in [0.15, 0.2) is 176 Å². The molecule has 3 nitrogen and oxygen atoms in total. The zero-order valence-electron chi connectivity index (χ0n) is 28.0. The van der Waals surface area contributed by atoms with Crippen molar-refractivity contribution < 1.29 is 0 Å². The smallest absolute Gasteiger partial charge is 0.160 e. The van der Waals surface area contributed by atoms with E-state index in [1.54, 1.807) is 0 Å². The molecule has 0 saturated heterocycles. The number of para-hydroxylation sites is 1. The number of aryl methyl sites for hydroxylation is 1. The Morgan fingerprint density at radius 1 is 0.392 bits per heavy atom. The van der Waals surface area contributed by atoms with Crippen LogP contribution in [-0.2, 0) is 12.8 Å². The molecule has 1 aliphatic rings. The van der Waals surface area contributed by atoms with Crippen LogP contribution in [-0.4, -0.2) is 14.5 Å². The van der Waals surface area contributed by atoms with Gasteiger partial charge in [0.25, 0.3) is 0 Å². The number of benzene rings is 7. The summed E-state index contributed by atoms with van der Waals surface area (Å²) in [7, 11) is 0. The minimum absolute atomic E-state index is 0.711. The molecule has 0 atom stereocenters. The fourth-order valence-corrected chi connectivity index (χ4v) is 7.91. The van der Waals surface area contributed by atoms with Gasteiger partial charge in [-0.05, 0) is 94.8 Å². The second-order valence-electron chi connectivity index (χ2n) is 13.3. The highest BCUT2D eigenvalue weighted by Crippen LogP contribution is 2.41. The molecule has 0 spiro atoms. The number of hydrogen-bond acceptors (Lipinski definition) is 2. The minimum atomic E-state index is 0.711. The lowest BCUT2D eigenvalue weighted by molar-refractivity contribution is 0.944. The van der Waals surface area contributed by atoms with Crippen molar-refractivity contribution in [3.05, 3.63) is 187 Å². The third kappa shape index (κ3) is 5.05. The lowest BCUT2D eigenvalue weighted by Gasteiger charge is -2.22. The monoisotopic (exact) mass is 651 g/mol. The second-order valence-corrected chi connectivity index (χ2v) is 13.3. The maximum absolute atomic E-state index is 5.06. The summed E-state index contributed by atoms with van der Waals surface area (Å²) in [5.41, 5.74) is 16.6. The summed E-state index contributed by atoms with van der Waals surface area (Å²) in [6, 6.07) is 62.8. The number of aromatic nitrogens is 3. The molecule has 51 heavy (non-hydrogen) atoms. The Kier molecular flexibility index (Phi) is 6.95. The lowest BCUT2D eigenvalue weighted by Crippen LogP contribution is -2.05. The summed E-state index contributed by atoms with van der Waals surface area (Å²) in [5, 5.41) is 2.51. The zero-order valence-corrected chi connectivity index (χ0v) is 28.0. The predicted octanol–water partition coefficient (Wildman–Crippen LogP) is 12.0. The van der Waals surface area contributed by atoms with Crippen molar-refractivity contribution in [2.24, 2.45) is 0 Å². The summed E-state index contributed by atoms with van der Waals surface area (Å²) in [6.45, 7) is 0. The zero-order chi connectivity index (χ0) is 33.7. The second kappa shape index (κ2) is 12.1. The van der Waals surface area contributed by atoms with Gasteiger partial charge in [-0.15, -0.1) is 0 Å². The Balaban J connectivity index is 1.07. The van der Waals surface area contributed by atoms with Crippen LogP contribution in [0.1, 0.15) is 11.1 Å². The maximum atomic E-state index is 5.06. The molecule has 0 unspecified atom stereocenters. The van der Waals surface area contributed by atoms with E-state index in [0.717, 1.165) is 46.6 Å². The number of hydrogen-bond donors (Lipinski definition) is 0. The van der Waals surface area contributed by atoms with Crippen LogP contribution < -0.4 is 0 Å². The summed E-state index contributed by atoms with van der Waals surface area (Å²) in [6.07, 6.45) is 2.13. The van der Waals surface area contributed by atoms with E-state index in [-0.39, 0.29) is 0 Å². The first-order valence-corrected chi connectivity index (χ1v) is 17.6. The van der Waals surface area contributed by atoms with Gasteiger partial charge in [-0.2, -0.15) is 0 Å². The summed E-state index contributed by atoms with van der Waals surface area (Å²) in [4.78, 5) is 10.1. The van der Waals surface area contributed by atoms with Crippen molar-refractivity contribution >= 4 is 21.8 Å². The predicted molar refractivity (Wildman–Crippen MR) is 211 cm³/mol. The van der Waals surface area contributed by atoms with E-state index >= 15 is 0 Å². The van der Waals surface area contributed by atoms with Gasteiger partial charge in [0.15, 0.2) is 5.82 Å². The van der Waals surface area contributed by atoms with Crippen molar-refractivity contribution in [1.82, 2.24) is 14.5 Å². The van der Waals surface area contributed by atoms with Gasteiger partial charge in [0.2, 0.25) is 0 Å². The molecular formula is C48H33N3. The molecule has 0 aliphatic heterocycles. The van der Waals surface area contributed by atoms with Gasteiger partial charge in [0.1, 0.15) is 0 Å². The van der Waals surface area contributed by atoms with E-state index in [2.05, 4.69) is 168 Å². The first-order valence-electron chi connectivity index (χ1n) is 17.6. The van der Waals surface area contributed by atoms with Gasteiger partial charge in [-0.3, -0.25) is 0 Å². The fourth-order valence-electron chi connectivity index (χ4n) is 7.91. The van der Waals surface area contributed by atoms with Crippen LogP contribution in [0.2, 0.25) is 0 Å². The van der Waals surface area contributed by atoms with Crippen LogP contribution in [0.4, 0.5) is 0 Å². The highest BCUT2D eigenvalue weighted by atomic mass is 15.0. The molecule has 0 N–H and O–H groups in total. The topological polar surface area (TPSA) is 30.7 Å². The molecule has 10 rings (SSSR count). The molecule has 7 aromatic carbocycles. The van der Waals surface area contributed by atoms with Gasteiger partial charge >= 0.3 is 0 Å². The molecule has 9 aromatic rings. The van der Waals surface area contributed by atoms with Gasteiger partial charge < -0.3 is 4.57 Å².